The molecule has 124 valence electrons. The third-order valence-electron chi connectivity index (χ3n) is 4.14. The number of benzene rings is 3. The van der Waals surface area contributed by atoms with Gasteiger partial charge in [-0.25, -0.2) is 4.98 Å². The summed E-state index contributed by atoms with van der Waals surface area (Å²) in [5, 5.41) is 11.5. The molecule has 1 aromatic heterocycles. The van der Waals surface area contributed by atoms with Crippen LogP contribution in [0.2, 0.25) is 5.02 Å². The van der Waals surface area contributed by atoms with E-state index in [0.717, 1.165) is 31.9 Å². The highest BCUT2D eigenvalue weighted by Gasteiger charge is 2.14. The van der Waals surface area contributed by atoms with Gasteiger partial charge in [-0.1, -0.05) is 53.1 Å². The van der Waals surface area contributed by atoms with Crippen LogP contribution in [-0.4, -0.2) is 10.1 Å². The molecule has 0 atom stereocenters. The first-order chi connectivity index (χ1) is 12.0. The molecule has 0 aliphatic heterocycles. The van der Waals surface area contributed by atoms with Crippen LogP contribution in [0.1, 0.15) is 11.1 Å². The van der Waals surface area contributed by atoms with Crippen molar-refractivity contribution in [3.05, 3.63) is 70.7 Å². The van der Waals surface area contributed by atoms with Crippen molar-refractivity contribution < 1.29 is 5.11 Å². The maximum Gasteiger partial charge on any atom is 0.128 e. The van der Waals surface area contributed by atoms with E-state index in [9.17, 15) is 5.11 Å². The predicted octanol–water partition coefficient (Wildman–Crippen LogP) is 6.61. The summed E-state index contributed by atoms with van der Waals surface area (Å²) in [5.74, 6) is 0.229. The van der Waals surface area contributed by atoms with Gasteiger partial charge in [-0.2, -0.15) is 0 Å². The fraction of sp³-hybridized carbons (Fsp3) is 0.0952. The molecule has 0 amide bonds. The van der Waals surface area contributed by atoms with Crippen molar-refractivity contribution in [1.82, 2.24) is 4.98 Å². The Morgan fingerprint density at radius 1 is 0.920 bits per heavy atom. The number of rotatable bonds is 2. The molecule has 0 aliphatic carbocycles. The summed E-state index contributed by atoms with van der Waals surface area (Å²) in [6.07, 6.45) is 0. The van der Waals surface area contributed by atoms with Crippen LogP contribution in [0.3, 0.4) is 0 Å². The second kappa shape index (κ2) is 6.17. The van der Waals surface area contributed by atoms with Crippen molar-refractivity contribution in [3.8, 4) is 27.4 Å². The minimum Gasteiger partial charge on any atom is -0.507 e. The van der Waals surface area contributed by atoms with E-state index < -0.39 is 0 Å². The Hall–Kier alpha value is -2.36. The summed E-state index contributed by atoms with van der Waals surface area (Å²) in [4.78, 5) is 4.64. The zero-order chi connectivity index (χ0) is 17.6. The molecular formula is C21H16ClNOS. The van der Waals surface area contributed by atoms with Gasteiger partial charge in [0.05, 0.1) is 15.3 Å². The summed E-state index contributed by atoms with van der Waals surface area (Å²) in [7, 11) is 0. The maximum absolute atomic E-state index is 10.1. The molecule has 2 nitrogen and oxygen atoms in total. The number of aryl methyl sites for hydroxylation is 2. The van der Waals surface area contributed by atoms with E-state index in [1.165, 1.54) is 11.1 Å². The smallest absolute Gasteiger partial charge is 0.128 e. The fourth-order valence-corrected chi connectivity index (χ4v) is 4.45. The first-order valence-corrected chi connectivity index (χ1v) is 9.18. The number of para-hydroxylation sites is 1. The summed E-state index contributed by atoms with van der Waals surface area (Å²) < 4.78 is 1.01. The van der Waals surface area contributed by atoms with Gasteiger partial charge in [-0.05, 0) is 49.2 Å². The van der Waals surface area contributed by atoms with Crippen LogP contribution in [0.4, 0.5) is 0 Å². The monoisotopic (exact) mass is 365 g/mol. The van der Waals surface area contributed by atoms with Crippen LogP contribution in [-0.2, 0) is 0 Å². The minimum absolute atomic E-state index is 0.229. The largest absolute Gasteiger partial charge is 0.507 e. The Morgan fingerprint density at radius 2 is 1.60 bits per heavy atom. The normalized spacial score (nSPS) is 11.2. The summed E-state index contributed by atoms with van der Waals surface area (Å²) in [6.45, 7) is 4.19. The molecule has 4 rings (SSSR count). The SMILES string of the molecule is Cc1cc(C)cc(-c2cc(Cl)c3nc(-c4ccccc4O)sc3c2)c1. The lowest BCUT2D eigenvalue weighted by atomic mass is 10.0. The molecule has 0 radical (unpaired) electrons. The van der Waals surface area contributed by atoms with Gasteiger partial charge in [0, 0.05) is 0 Å². The van der Waals surface area contributed by atoms with Gasteiger partial charge in [0.25, 0.3) is 0 Å². The van der Waals surface area contributed by atoms with Gasteiger partial charge in [0.2, 0.25) is 0 Å². The fourth-order valence-electron chi connectivity index (χ4n) is 3.07. The van der Waals surface area contributed by atoms with Gasteiger partial charge >= 0.3 is 0 Å². The highest BCUT2D eigenvalue weighted by molar-refractivity contribution is 7.21. The number of aromatic nitrogens is 1. The van der Waals surface area contributed by atoms with Gasteiger partial charge in [-0.15, -0.1) is 11.3 Å². The number of hydrogen-bond donors (Lipinski definition) is 1. The van der Waals surface area contributed by atoms with Crippen molar-refractivity contribution in [1.29, 1.82) is 0 Å². The molecule has 0 unspecified atom stereocenters. The van der Waals surface area contributed by atoms with Crippen LogP contribution in [0.15, 0.2) is 54.6 Å². The first kappa shape index (κ1) is 16.1. The third-order valence-corrected chi connectivity index (χ3v) is 5.46. The highest BCUT2D eigenvalue weighted by atomic mass is 35.5. The van der Waals surface area contributed by atoms with Crippen molar-refractivity contribution in [2.24, 2.45) is 0 Å². The van der Waals surface area contributed by atoms with Crippen molar-refractivity contribution in [2.75, 3.05) is 0 Å². The van der Waals surface area contributed by atoms with Crippen LogP contribution in [0, 0.1) is 13.8 Å². The zero-order valence-corrected chi connectivity index (χ0v) is 15.4. The minimum atomic E-state index is 0.229. The Balaban J connectivity index is 1.89. The van der Waals surface area contributed by atoms with E-state index in [1.54, 1.807) is 23.5 Å². The van der Waals surface area contributed by atoms with E-state index in [-0.39, 0.29) is 5.75 Å². The van der Waals surface area contributed by atoms with E-state index in [4.69, 9.17) is 11.6 Å². The predicted molar refractivity (Wildman–Crippen MR) is 107 cm³/mol. The summed E-state index contributed by atoms with van der Waals surface area (Å²) >= 11 is 8.05. The number of phenols is 1. The van der Waals surface area contributed by atoms with Crippen LogP contribution in [0.25, 0.3) is 31.9 Å². The Labute approximate surface area is 155 Å². The summed E-state index contributed by atoms with van der Waals surface area (Å²) in [5.41, 5.74) is 6.19. The number of fused-ring (bicyclic) bond motifs is 1. The molecule has 1 heterocycles. The number of aromatic hydroxyl groups is 1. The van der Waals surface area contributed by atoms with Crippen molar-refractivity contribution in [3.63, 3.8) is 0 Å². The molecule has 0 spiro atoms. The number of halogens is 1. The maximum atomic E-state index is 10.1. The second-order valence-corrected chi connectivity index (χ2v) is 7.66. The van der Waals surface area contributed by atoms with E-state index in [0.29, 0.717) is 5.02 Å². The topological polar surface area (TPSA) is 33.1 Å². The number of thiazole rings is 1. The van der Waals surface area contributed by atoms with Crippen LogP contribution in [0.5, 0.6) is 5.75 Å². The lowest BCUT2D eigenvalue weighted by Gasteiger charge is -2.06. The van der Waals surface area contributed by atoms with Crippen molar-refractivity contribution in [2.45, 2.75) is 13.8 Å². The zero-order valence-electron chi connectivity index (χ0n) is 13.9. The van der Waals surface area contributed by atoms with Crippen LogP contribution >= 0.6 is 22.9 Å². The molecule has 0 bridgehead atoms. The molecule has 4 aromatic rings. The molecule has 0 saturated carbocycles. The quantitative estimate of drug-likeness (QED) is 0.433. The Bertz CT molecular complexity index is 1080. The van der Waals surface area contributed by atoms with Crippen molar-refractivity contribution >= 4 is 33.2 Å². The average molecular weight is 366 g/mol. The lowest BCUT2D eigenvalue weighted by molar-refractivity contribution is 0.477. The van der Waals surface area contributed by atoms with Gasteiger partial charge in [0.15, 0.2) is 0 Å². The molecule has 3 aromatic carbocycles. The highest BCUT2D eigenvalue weighted by Crippen LogP contribution is 2.39. The number of phenolic OH excluding ortho intramolecular Hbond substituents is 1. The lowest BCUT2D eigenvalue weighted by Crippen LogP contribution is -1.83. The Kier molecular flexibility index (Phi) is 3.98. The van der Waals surface area contributed by atoms with E-state index in [1.807, 2.05) is 18.2 Å². The number of nitrogens with zero attached hydrogens (tertiary/aromatic N) is 1. The van der Waals surface area contributed by atoms with Gasteiger partial charge in [-0.3, -0.25) is 0 Å². The second-order valence-electron chi connectivity index (χ2n) is 6.22. The Morgan fingerprint density at radius 3 is 2.32 bits per heavy atom. The first-order valence-electron chi connectivity index (χ1n) is 7.98. The van der Waals surface area contributed by atoms with Crippen LogP contribution < -0.4 is 0 Å². The van der Waals surface area contributed by atoms with Gasteiger partial charge < -0.3 is 5.11 Å². The molecular weight excluding hydrogens is 350 g/mol. The molecule has 1 N–H and O–H groups in total. The summed E-state index contributed by atoms with van der Waals surface area (Å²) in [6, 6.07) is 17.8. The number of hydrogen-bond acceptors (Lipinski definition) is 3. The average Bonchev–Trinajstić information content (AvgIpc) is 2.99. The van der Waals surface area contributed by atoms with E-state index in [2.05, 4.69) is 43.1 Å². The molecule has 25 heavy (non-hydrogen) atoms. The third kappa shape index (κ3) is 3.01. The van der Waals surface area contributed by atoms with E-state index >= 15 is 0 Å². The van der Waals surface area contributed by atoms with Gasteiger partial charge in [0.1, 0.15) is 16.3 Å². The molecule has 0 fully saturated rings. The molecule has 4 heteroatoms. The molecule has 0 aliphatic rings. The standard InChI is InChI=1S/C21H16ClNOS/c1-12-7-13(2)9-14(8-12)15-10-17(22)20-19(11-15)25-21(23-20)16-5-3-4-6-18(16)24/h3-11,24H,1-2H3. The molecule has 0 saturated heterocycles.